The monoisotopic (exact) mass is 562 g/mol. The molecule has 2 aromatic carbocycles. The summed E-state index contributed by atoms with van der Waals surface area (Å²) < 4.78 is 89.4. The van der Waals surface area contributed by atoms with Crippen molar-refractivity contribution in [1.29, 1.82) is 0 Å². The van der Waals surface area contributed by atoms with Crippen molar-refractivity contribution in [3.63, 3.8) is 0 Å². The maximum absolute atomic E-state index is 13.9. The lowest BCUT2D eigenvalue weighted by atomic mass is 10.1. The fourth-order valence-corrected chi connectivity index (χ4v) is 5.82. The fraction of sp³-hybridized carbons (Fsp3) is 0.500. The molecule has 0 saturated carbocycles. The number of hydrogen-bond donors (Lipinski definition) is 1. The van der Waals surface area contributed by atoms with Crippen LogP contribution in [0.15, 0.2) is 35.2 Å². The first kappa shape index (κ1) is 28.4. The van der Waals surface area contributed by atoms with E-state index in [1.807, 2.05) is 0 Å². The molecule has 0 bridgehead atoms. The Morgan fingerprint density at radius 1 is 1.03 bits per heavy atom. The molecular weight excluding hydrogens is 534 g/mol. The molecule has 1 fully saturated rings. The maximum Gasteiger partial charge on any atom is 0.417 e. The van der Waals surface area contributed by atoms with Crippen LogP contribution >= 0.6 is 11.8 Å². The molecule has 3 aromatic rings. The number of ether oxygens (including phenoxy) is 1. The highest BCUT2D eigenvalue weighted by molar-refractivity contribution is 7.98. The predicted octanol–water partition coefficient (Wildman–Crippen LogP) is 7.49. The van der Waals surface area contributed by atoms with Crippen LogP contribution in [0.5, 0.6) is 0 Å². The quantitative estimate of drug-likeness (QED) is 0.260. The average Bonchev–Trinajstić information content (AvgIpc) is 2.98. The van der Waals surface area contributed by atoms with E-state index in [4.69, 9.17) is 4.74 Å². The first-order valence-corrected chi connectivity index (χ1v) is 13.2. The van der Waals surface area contributed by atoms with E-state index >= 15 is 0 Å². The van der Waals surface area contributed by atoms with Gasteiger partial charge in [-0.25, -0.2) is 4.79 Å². The Morgan fingerprint density at radius 2 is 1.68 bits per heavy atom. The molecule has 0 aliphatic carbocycles. The van der Waals surface area contributed by atoms with Crippen molar-refractivity contribution < 1.29 is 41.0 Å². The van der Waals surface area contributed by atoms with Gasteiger partial charge in [-0.2, -0.15) is 26.3 Å². The lowest BCUT2D eigenvalue weighted by Gasteiger charge is -2.29. The van der Waals surface area contributed by atoms with Gasteiger partial charge in [0, 0.05) is 27.7 Å². The van der Waals surface area contributed by atoms with Crippen LogP contribution in [0.2, 0.25) is 0 Å². The van der Waals surface area contributed by atoms with E-state index in [1.165, 1.54) is 23.3 Å². The van der Waals surface area contributed by atoms with Crippen LogP contribution < -0.4 is 0 Å². The minimum absolute atomic E-state index is 0.0192. The molecule has 0 radical (unpaired) electrons. The third kappa shape index (κ3) is 5.42. The molecule has 2 atom stereocenters. The highest BCUT2D eigenvalue weighted by Gasteiger charge is 2.38. The van der Waals surface area contributed by atoms with Crippen molar-refractivity contribution >= 4 is 39.7 Å². The number of aromatic nitrogens is 1. The first-order valence-electron chi connectivity index (χ1n) is 12.0. The summed E-state index contributed by atoms with van der Waals surface area (Å²) in [6, 6.07) is 4.45. The molecule has 1 aliphatic rings. The van der Waals surface area contributed by atoms with Crippen LogP contribution in [0.25, 0.3) is 21.8 Å². The van der Waals surface area contributed by atoms with E-state index in [0.717, 1.165) is 30.0 Å². The molecule has 1 aromatic heterocycles. The molecule has 1 amide bonds. The highest BCUT2D eigenvalue weighted by atomic mass is 32.2. The summed E-state index contributed by atoms with van der Waals surface area (Å²) in [7, 11) is 0. The van der Waals surface area contributed by atoms with Gasteiger partial charge in [0.2, 0.25) is 0 Å². The van der Waals surface area contributed by atoms with Gasteiger partial charge < -0.3 is 19.3 Å². The second-order valence-corrected chi connectivity index (χ2v) is 11.2. The van der Waals surface area contributed by atoms with E-state index in [0.29, 0.717) is 12.8 Å². The number of rotatable bonds is 2. The topological polar surface area (TPSA) is 54.7 Å². The summed E-state index contributed by atoms with van der Waals surface area (Å²) in [5, 5.41) is 11.3. The van der Waals surface area contributed by atoms with Gasteiger partial charge in [-0.1, -0.05) is 0 Å². The second kappa shape index (κ2) is 9.86. The summed E-state index contributed by atoms with van der Waals surface area (Å²) in [5.74, 6) is 0. The number of hydrogen-bond acceptors (Lipinski definition) is 4. The number of nitrogens with zero attached hydrogens (tertiary/aromatic N) is 2. The largest absolute Gasteiger partial charge is 0.444 e. The number of fused-ring (bicyclic) bond motifs is 3. The molecule has 4 rings (SSSR count). The number of aliphatic hydroxyl groups excluding tert-OH is 1. The normalized spacial score (nSPS) is 19.7. The maximum atomic E-state index is 13.9. The minimum Gasteiger partial charge on any atom is -0.444 e. The SMILES string of the molecule is CSc1c(C(F)(F)F)ccc2c1c1cc(C(F)(F)F)ccc1n2[C@@H]1CCCN(C(=O)OC(C)(C)C)C[C@H]1O. The Kier molecular flexibility index (Phi) is 7.37. The molecule has 2 heterocycles. The number of aliphatic hydroxyl groups is 1. The summed E-state index contributed by atoms with van der Waals surface area (Å²) >= 11 is 0.808. The van der Waals surface area contributed by atoms with E-state index in [9.17, 15) is 36.2 Å². The van der Waals surface area contributed by atoms with Crippen LogP contribution in [-0.2, 0) is 17.1 Å². The van der Waals surface area contributed by atoms with Crippen LogP contribution in [0, 0.1) is 0 Å². The van der Waals surface area contributed by atoms with Gasteiger partial charge in [0.05, 0.1) is 35.3 Å². The number of thioether (sulfide) groups is 1. The lowest BCUT2D eigenvalue weighted by molar-refractivity contribution is -0.139. The number of carbonyl (C=O) groups excluding carboxylic acids is 1. The molecule has 12 heteroatoms. The van der Waals surface area contributed by atoms with Crippen LogP contribution in [0.3, 0.4) is 0 Å². The number of likely N-dealkylation sites (tertiary alicyclic amines) is 1. The van der Waals surface area contributed by atoms with Gasteiger partial charge in [-0.05, 0) is 70.2 Å². The summed E-state index contributed by atoms with van der Waals surface area (Å²) in [5.41, 5.74) is -2.11. The summed E-state index contributed by atoms with van der Waals surface area (Å²) in [4.78, 5) is 13.8. The molecule has 1 N–H and O–H groups in total. The minimum atomic E-state index is -4.71. The number of amides is 1. The molecule has 0 unspecified atom stereocenters. The summed E-state index contributed by atoms with van der Waals surface area (Å²) in [6.45, 7) is 5.33. The van der Waals surface area contributed by atoms with Crippen molar-refractivity contribution in [2.24, 2.45) is 0 Å². The zero-order valence-electron chi connectivity index (χ0n) is 21.2. The third-order valence-corrected chi connectivity index (χ3v) is 7.35. The fourth-order valence-electron chi connectivity index (χ4n) is 4.99. The molecule has 0 spiro atoms. The van der Waals surface area contributed by atoms with Gasteiger partial charge in [-0.15, -0.1) is 11.8 Å². The van der Waals surface area contributed by atoms with Crippen LogP contribution in [0.4, 0.5) is 31.1 Å². The summed E-state index contributed by atoms with van der Waals surface area (Å²) in [6.07, 6.45) is -8.92. The highest BCUT2D eigenvalue weighted by Crippen LogP contribution is 2.46. The van der Waals surface area contributed by atoms with Crippen molar-refractivity contribution in [3.05, 3.63) is 41.5 Å². The average molecular weight is 563 g/mol. The molecule has 1 saturated heterocycles. The van der Waals surface area contributed by atoms with Crippen molar-refractivity contribution in [1.82, 2.24) is 9.47 Å². The van der Waals surface area contributed by atoms with Crippen molar-refractivity contribution in [2.45, 2.75) is 68.6 Å². The zero-order chi connectivity index (χ0) is 28.2. The Morgan fingerprint density at radius 3 is 2.26 bits per heavy atom. The van der Waals surface area contributed by atoms with Crippen molar-refractivity contribution in [3.8, 4) is 0 Å². The van der Waals surface area contributed by atoms with Gasteiger partial charge in [-0.3, -0.25) is 0 Å². The first-order chi connectivity index (χ1) is 17.5. The molecular formula is C26H28F6N2O3S. The van der Waals surface area contributed by atoms with Gasteiger partial charge in [0.1, 0.15) is 5.60 Å². The smallest absolute Gasteiger partial charge is 0.417 e. The van der Waals surface area contributed by atoms with Gasteiger partial charge in [0.25, 0.3) is 0 Å². The van der Waals surface area contributed by atoms with Crippen LogP contribution in [0.1, 0.15) is 50.8 Å². The van der Waals surface area contributed by atoms with Crippen molar-refractivity contribution in [2.75, 3.05) is 19.3 Å². The molecule has 208 valence electrons. The number of benzene rings is 2. The van der Waals surface area contributed by atoms with Gasteiger partial charge in [0.15, 0.2) is 0 Å². The Balaban J connectivity index is 1.91. The number of β-amino-alcohol motifs (C(OH)–C–C–N with tert-alkyl or cyclic N) is 1. The van der Waals surface area contributed by atoms with E-state index in [-0.39, 0.29) is 39.8 Å². The predicted molar refractivity (Wildman–Crippen MR) is 133 cm³/mol. The molecule has 5 nitrogen and oxygen atoms in total. The van der Waals surface area contributed by atoms with E-state index < -0.39 is 47.3 Å². The molecule has 38 heavy (non-hydrogen) atoms. The van der Waals surface area contributed by atoms with Gasteiger partial charge >= 0.3 is 18.4 Å². The third-order valence-electron chi connectivity index (χ3n) is 6.52. The Hall–Kier alpha value is -2.60. The standard InChI is InChI=1S/C26H28F6N2O3S/c1-24(2,3)37-23(36)33-11-5-6-18(20(35)13-33)34-17-9-7-14(25(27,28)29)12-15(17)21-19(34)10-8-16(22(21)38-4)26(30,31)32/h7-10,12,18,20,35H,5-6,11,13H2,1-4H3/t18-,20-/m1/s1. The van der Waals surface area contributed by atoms with Crippen LogP contribution in [-0.4, -0.2) is 51.7 Å². The molecule has 1 aliphatic heterocycles. The Labute approximate surface area is 219 Å². The van der Waals surface area contributed by atoms with E-state index in [2.05, 4.69) is 0 Å². The number of halogens is 6. The van der Waals surface area contributed by atoms with E-state index in [1.54, 1.807) is 25.3 Å². The Bertz CT molecular complexity index is 1360. The lowest BCUT2D eigenvalue weighted by Crippen LogP contribution is -2.41. The second-order valence-electron chi connectivity index (χ2n) is 10.3. The zero-order valence-corrected chi connectivity index (χ0v) is 22.0. The number of carbonyl (C=O) groups is 1. The number of alkyl halides is 6.